The van der Waals surface area contributed by atoms with Crippen LogP contribution >= 0.6 is 7.82 Å². The van der Waals surface area contributed by atoms with Crippen LogP contribution in [0, 0.1) is 6.92 Å². The van der Waals surface area contributed by atoms with E-state index in [1.54, 1.807) is 13.8 Å². The van der Waals surface area contributed by atoms with Gasteiger partial charge in [0.25, 0.3) is 0 Å². The summed E-state index contributed by atoms with van der Waals surface area (Å²) in [5.41, 5.74) is 1.92. The maximum atomic E-state index is 12.1. The van der Waals surface area contributed by atoms with Crippen molar-refractivity contribution >= 4 is 7.82 Å². The van der Waals surface area contributed by atoms with Crippen molar-refractivity contribution in [1.29, 1.82) is 0 Å². The summed E-state index contributed by atoms with van der Waals surface area (Å²) in [5.74, 6) is 0. The first kappa shape index (κ1) is 16.3. The average molecular weight is 290 g/mol. The Labute approximate surface area is 113 Å². The third-order valence-electron chi connectivity index (χ3n) is 2.00. The van der Waals surface area contributed by atoms with Crippen LogP contribution in [0.15, 0.2) is 24.3 Å². The maximum Gasteiger partial charge on any atom is 0.529 e. The first-order chi connectivity index (χ1) is 9.09. The lowest BCUT2D eigenvalue weighted by Gasteiger charge is -2.15. The van der Waals surface area contributed by atoms with Gasteiger partial charge >= 0.3 is 7.82 Å². The van der Waals surface area contributed by atoms with Crippen molar-refractivity contribution in [2.45, 2.75) is 27.4 Å². The predicted molar refractivity (Wildman–Crippen MR) is 69.0 cm³/mol. The standard InChI is InChI=1S/C12H19O6P/c1-4-14-17-19(13,18-15-5-2)16-10-12-8-6-7-11(3)9-12/h6-9H,4-5,10H2,1-3H3. The Morgan fingerprint density at radius 2 is 1.74 bits per heavy atom. The molecule has 0 atom stereocenters. The normalized spacial score (nSPS) is 11.7. The van der Waals surface area contributed by atoms with Gasteiger partial charge in [-0.3, -0.25) is 4.52 Å². The lowest BCUT2D eigenvalue weighted by atomic mass is 10.1. The van der Waals surface area contributed by atoms with Crippen LogP contribution in [0.5, 0.6) is 0 Å². The van der Waals surface area contributed by atoms with Crippen LogP contribution in [0.2, 0.25) is 0 Å². The SMILES string of the molecule is CCOOP(=O)(OCc1cccc(C)c1)OOCC. The molecule has 0 heterocycles. The van der Waals surface area contributed by atoms with Crippen LogP contribution in [0.4, 0.5) is 0 Å². The third kappa shape index (κ3) is 6.29. The smallest absolute Gasteiger partial charge is 0.279 e. The fourth-order valence-electron chi connectivity index (χ4n) is 1.25. The molecule has 0 spiro atoms. The van der Waals surface area contributed by atoms with Gasteiger partial charge in [0.2, 0.25) is 0 Å². The van der Waals surface area contributed by atoms with Crippen LogP contribution in [-0.2, 0) is 34.8 Å². The summed E-state index contributed by atoms with van der Waals surface area (Å²) < 4.78 is 26.4. The number of phosphoric acid groups is 1. The van der Waals surface area contributed by atoms with Crippen LogP contribution in [0.25, 0.3) is 0 Å². The number of hydrogen-bond acceptors (Lipinski definition) is 6. The van der Waals surface area contributed by atoms with E-state index in [2.05, 4.69) is 19.1 Å². The van der Waals surface area contributed by atoms with Gasteiger partial charge in [-0.25, -0.2) is 14.3 Å². The summed E-state index contributed by atoms with van der Waals surface area (Å²) in [6, 6.07) is 7.59. The van der Waals surface area contributed by atoms with Gasteiger partial charge in [-0.2, -0.15) is 0 Å². The van der Waals surface area contributed by atoms with E-state index in [1.807, 2.05) is 31.2 Å². The molecule has 0 unspecified atom stereocenters. The van der Waals surface area contributed by atoms with Gasteiger partial charge in [0.05, 0.1) is 19.8 Å². The molecule has 0 amide bonds. The second kappa shape index (κ2) is 8.43. The molecule has 0 radical (unpaired) electrons. The zero-order valence-corrected chi connectivity index (χ0v) is 12.2. The average Bonchev–Trinajstić information content (AvgIpc) is 2.41. The Morgan fingerprint density at radius 3 is 2.26 bits per heavy atom. The maximum absolute atomic E-state index is 12.1. The molecule has 1 rings (SSSR count). The van der Waals surface area contributed by atoms with Crippen molar-refractivity contribution < 1.29 is 28.2 Å². The zero-order valence-electron chi connectivity index (χ0n) is 11.3. The summed E-state index contributed by atoms with van der Waals surface area (Å²) in [6.07, 6.45) is 0. The van der Waals surface area contributed by atoms with E-state index in [0.717, 1.165) is 11.1 Å². The highest BCUT2D eigenvalue weighted by atomic mass is 31.2. The molecular weight excluding hydrogens is 271 g/mol. The Bertz CT molecular complexity index is 410. The first-order valence-electron chi connectivity index (χ1n) is 6.02. The van der Waals surface area contributed by atoms with Crippen molar-refractivity contribution in [3.63, 3.8) is 0 Å². The molecule has 0 aliphatic rings. The molecule has 6 nitrogen and oxygen atoms in total. The Kier molecular flexibility index (Phi) is 7.23. The highest BCUT2D eigenvalue weighted by Gasteiger charge is 2.30. The van der Waals surface area contributed by atoms with Gasteiger partial charge in [-0.1, -0.05) is 29.8 Å². The molecule has 108 valence electrons. The lowest BCUT2D eigenvalue weighted by Crippen LogP contribution is -2.02. The summed E-state index contributed by atoms with van der Waals surface area (Å²) in [4.78, 5) is 9.23. The van der Waals surface area contributed by atoms with Gasteiger partial charge in [0, 0.05) is 0 Å². The second-order valence-electron chi connectivity index (χ2n) is 3.67. The van der Waals surface area contributed by atoms with E-state index in [0.29, 0.717) is 0 Å². The molecule has 0 saturated carbocycles. The highest BCUT2D eigenvalue weighted by Crippen LogP contribution is 2.50. The Hall–Kier alpha value is -0.750. The van der Waals surface area contributed by atoms with Crippen LogP contribution in [0.1, 0.15) is 25.0 Å². The summed E-state index contributed by atoms with van der Waals surface area (Å²) in [5, 5.41) is 0. The number of benzene rings is 1. The van der Waals surface area contributed by atoms with Crippen LogP contribution < -0.4 is 0 Å². The molecule has 0 bridgehead atoms. The van der Waals surface area contributed by atoms with E-state index < -0.39 is 7.82 Å². The van der Waals surface area contributed by atoms with Gasteiger partial charge < -0.3 is 0 Å². The zero-order chi connectivity index (χ0) is 14.1. The number of rotatable bonds is 9. The minimum absolute atomic E-state index is 0.0686. The minimum Gasteiger partial charge on any atom is -0.279 e. The molecule has 0 aromatic heterocycles. The fraction of sp³-hybridized carbons (Fsp3) is 0.500. The quantitative estimate of drug-likeness (QED) is 0.393. The number of hydrogen-bond donors (Lipinski definition) is 0. The van der Waals surface area contributed by atoms with Gasteiger partial charge in [0.15, 0.2) is 0 Å². The van der Waals surface area contributed by atoms with Crippen molar-refractivity contribution in [2.24, 2.45) is 0 Å². The topological polar surface area (TPSA) is 63.2 Å². The fourth-order valence-corrected chi connectivity index (χ4v) is 2.13. The lowest BCUT2D eigenvalue weighted by molar-refractivity contribution is -0.279. The molecule has 1 aromatic rings. The molecule has 0 saturated heterocycles. The number of aryl methyl sites for hydroxylation is 1. The molecule has 0 N–H and O–H groups in total. The highest BCUT2D eigenvalue weighted by molar-refractivity contribution is 7.48. The van der Waals surface area contributed by atoms with E-state index in [1.165, 1.54) is 0 Å². The van der Waals surface area contributed by atoms with Crippen molar-refractivity contribution in [3.8, 4) is 0 Å². The van der Waals surface area contributed by atoms with Crippen molar-refractivity contribution in [1.82, 2.24) is 0 Å². The third-order valence-corrected chi connectivity index (χ3v) is 3.02. The van der Waals surface area contributed by atoms with E-state index in [9.17, 15) is 4.57 Å². The van der Waals surface area contributed by atoms with Crippen LogP contribution in [0.3, 0.4) is 0 Å². The molecule has 0 fully saturated rings. The van der Waals surface area contributed by atoms with Crippen LogP contribution in [-0.4, -0.2) is 13.2 Å². The molecule has 0 aliphatic heterocycles. The van der Waals surface area contributed by atoms with E-state index in [-0.39, 0.29) is 19.8 Å². The molecule has 19 heavy (non-hydrogen) atoms. The molecular formula is C12H19O6P. The molecule has 7 heteroatoms. The summed E-state index contributed by atoms with van der Waals surface area (Å²) >= 11 is 0. The molecule has 1 aromatic carbocycles. The summed E-state index contributed by atoms with van der Waals surface area (Å²) in [7, 11) is -3.88. The van der Waals surface area contributed by atoms with Gasteiger partial charge in [-0.05, 0) is 26.3 Å². The van der Waals surface area contributed by atoms with Gasteiger partial charge in [0.1, 0.15) is 0 Å². The second-order valence-corrected chi connectivity index (χ2v) is 5.12. The summed E-state index contributed by atoms with van der Waals surface area (Å²) in [6.45, 7) is 5.83. The Morgan fingerprint density at radius 1 is 1.11 bits per heavy atom. The monoisotopic (exact) mass is 290 g/mol. The van der Waals surface area contributed by atoms with E-state index >= 15 is 0 Å². The van der Waals surface area contributed by atoms with Crippen molar-refractivity contribution in [2.75, 3.05) is 13.2 Å². The largest absolute Gasteiger partial charge is 0.529 e. The van der Waals surface area contributed by atoms with Crippen molar-refractivity contribution in [3.05, 3.63) is 35.4 Å². The molecule has 0 aliphatic carbocycles. The predicted octanol–water partition coefficient (Wildman–Crippen LogP) is 3.56. The van der Waals surface area contributed by atoms with E-state index in [4.69, 9.17) is 4.52 Å². The first-order valence-corrected chi connectivity index (χ1v) is 7.48. The Balaban J connectivity index is 2.59. The minimum atomic E-state index is -3.88. The van der Waals surface area contributed by atoms with Gasteiger partial charge in [-0.15, -0.1) is 9.35 Å².